The maximum atomic E-state index is 5.87. The van der Waals surface area contributed by atoms with Crippen molar-refractivity contribution in [2.24, 2.45) is 0 Å². The van der Waals surface area contributed by atoms with Crippen molar-refractivity contribution in [2.45, 2.75) is 5.88 Å². The molecule has 0 spiro atoms. The number of pyridine rings is 1. The van der Waals surface area contributed by atoms with Crippen LogP contribution in [0.5, 0.6) is 0 Å². The number of hydrogen-bond donors (Lipinski definition) is 0. The molecule has 0 radical (unpaired) electrons. The number of hydrogen-bond acceptors (Lipinski definition) is 3. The highest BCUT2D eigenvalue weighted by Crippen LogP contribution is 2.21. The summed E-state index contributed by atoms with van der Waals surface area (Å²) in [5.74, 6) is 0.537. The Morgan fingerprint density at radius 3 is 2.93 bits per heavy atom. The second kappa shape index (κ2) is 4.62. The van der Waals surface area contributed by atoms with Crippen molar-refractivity contribution in [3.8, 4) is 0 Å². The Morgan fingerprint density at radius 1 is 1.43 bits per heavy atom. The first-order valence-electron chi connectivity index (χ1n) is 4.73. The van der Waals surface area contributed by atoms with Crippen molar-refractivity contribution >= 4 is 17.3 Å². The minimum Gasteiger partial charge on any atom is -0.378 e. The Balaban J connectivity index is 2.20. The van der Waals surface area contributed by atoms with Crippen LogP contribution in [-0.2, 0) is 10.6 Å². The van der Waals surface area contributed by atoms with Gasteiger partial charge in [0.25, 0.3) is 0 Å². The Kier molecular flexibility index (Phi) is 3.22. The van der Waals surface area contributed by atoms with Crippen LogP contribution in [0.2, 0.25) is 0 Å². The van der Waals surface area contributed by atoms with Crippen molar-refractivity contribution in [2.75, 3.05) is 31.2 Å². The molecule has 2 rings (SSSR count). The topological polar surface area (TPSA) is 25.4 Å². The average Bonchev–Trinajstić information content (AvgIpc) is 2.30. The Bertz CT molecular complexity index is 300. The molecule has 0 saturated carbocycles. The summed E-state index contributed by atoms with van der Waals surface area (Å²) >= 11 is 5.87. The van der Waals surface area contributed by atoms with Gasteiger partial charge in [-0.2, -0.15) is 0 Å². The molecule has 1 aliphatic rings. The van der Waals surface area contributed by atoms with Crippen molar-refractivity contribution in [1.82, 2.24) is 4.98 Å². The monoisotopic (exact) mass is 212 g/mol. The standard InChI is InChI=1S/C10H13ClN2O/c11-7-9-1-2-12-8-10(9)13-3-5-14-6-4-13/h1-2,8H,3-7H2. The van der Waals surface area contributed by atoms with Crippen LogP contribution in [0, 0.1) is 0 Å². The number of aromatic nitrogens is 1. The smallest absolute Gasteiger partial charge is 0.0642 e. The van der Waals surface area contributed by atoms with Crippen LogP contribution in [0.1, 0.15) is 5.56 Å². The van der Waals surface area contributed by atoms with Gasteiger partial charge < -0.3 is 9.64 Å². The largest absolute Gasteiger partial charge is 0.378 e. The fourth-order valence-electron chi connectivity index (χ4n) is 1.62. The van der Waals surface area contributed by atoms with Gasteiger partial charge in [0, 0.05) is 25.2 Å². The number of morpholine rings is 1. The lowest BCUT2D eigenvalue weighted by Crippen LogP contribution is -2.36. The van der Waals surface area contributed by atoms with E-state index in [1.807, 2.05) is 12.3 Å². The Labute approximate surface area is 88.6 Å². The fraction of sp³-hybridized carbons (Fsp3) is 0.500. The van der Waals surface area contributed by atoms with E-state index in [1.54, 1.807) is 6.20 Å². The SMILES string of the molecule is ClCc1ccncc1N1CCOCC1. The molecule has 0 aliphatic carbocycles. The lowest BCUT2D eigenvalue weighted by molar-refractivity contribution is 0.122. The van der Waals surface area contributed by atoms with Gasteiger partial charge in [-0.3, -0.25) is 4.98 Å². The normalized spacial score (nSPS) is 17.1. The van der Waals surface area contributed by atoms with Crippen LogP contribution >= 0.6 is 11.6 Å². The summed E-state index contributed by atoms with van der Waals surface area (Å²) in [6, 6.07) is 1.97. The molecule has 0 atom stereocenters. The van der Waals surface area contributed by atoms with Gasteiger partial charge in [0.05, 0.1) is 25.1 Å². The third kappa shape index (κ3) is 1.99. The summed E-state index contributed by atoms with van der Waals surface area (Å²) in [4.78, 5) is 6.40. The highest BCUT2D eigenvalue weighted by molar-refractivity contribution is 6.17. The highest BCUT2D eigenvalue weighted by Gasteiger charge is 2.13. The van der Waals surface area contributed by atoms with Gasteiger partial charge in [0.1, 0.15) is 0 Å². The van der Waals surface area contributed by atoms with E-state index in [4.69, 9.17) is 16.3 Å². The summed E-state index contributed by atoms with van der Waals surface area (Å²) in [7, 11) is 0. The van der Waals surface area contributed by atoms with Gasteiger partial charge in [-0.25, -0.2) is 0 Å². The summed E-state index contributed by atoms with van der Waals surface area (Å²) in [5, 5.41) is 0. The molecule has 1 aromatic rings. The molecule has 4 heteroatoms. The maximum absolute atomic E-state index is 5.87. The molecule has 14 heavy (non-hydrogen) atoms. The minimum absolute atomic E-state index is 0.537. The molecule has 0 N–H and O–H groups in total. The van der Waals surface area contributed by atoms with E-state index in [0.29, 0.717) is 5.88 Å². The predicted molar refractivity (Wildman–Crippen MR) is 56.8 cm³/mol. The molecule has 1 aromatic heterocycles. The first-order valence-corrected chi connectivity index (χ1v) is 5.27. The van der Waals surface area contributed by atoms with Gasteiger partial charge in [0.2, 0.25) is 0 Å². The van der Waals surface area contributed by atoms with E-state index >= 15 is 0 Å². The second-order valence-electron chi connectivity index (χ2n) is 3.24. The van der Waals surface area contributed by atoms with E-state index in [9.17, 15) is 0 Å². The first-order chi connectivity index (χ1) is 6.92. The van der Waals surface area contributed by atoms with E-state index in [1.165, 1.54) is 0 Å². The molecule has 2 heterocycles. The van der Waals surface area contributed by atoms with E-state index in [2.05, 4.69) is 9.88 Å². The molecular formula is C10H13ClN2O. The third-order valence-electron chi connectivity index (χ3n) is 2.38. The molecule has 0 bridgehead atoms. The summed E-state index contributed by atoms with van der Waals surface area (Å²) in [6.07, 6.45) is 3.66. The van der Waals surface area contributed by atoms with Gasteiger partial charge in [-0.1, -0.05) is 0 Å². The molecular weight excluding hydrogens is 200 g/mol. The van der Waals surface area contributed by atoms with Crippen molar-refractivity contribution in [3.05, 3.63) is 24.0 Å². The summed E-state index contributed by atoms with van der Waals surface area (Å²) in [5.41, 5.74) is 2.29. The molecule has 1 saturated heterocycles. The lowest BCUT2D eigenvalue weighted by Gasteiger charge is -2.29. The summed E-state index contributed by atoms with van der Waals surface area (Å²) in [6.45, 7) is 3.43. The Morgan fingerprint density at radius 2 is 2.21 bits per heavy atom. The lowest BCUT2D eigenvalue weighted by atomic mass is 10.2. The van der Waals surface area contributed by atoms with Gasteiger partial charge in [-0.15, -0.1) is 11.6 Å². The van der Waals surface area contributed by atoms with Crippen LogP contribution in [-0.4, -0.2) is 31.3 Å². The van der Waals surface area contributed by atoms with Crippen LogP contribution in [0.15, 0.2) is 18.5 Å². The van der Waals surface area contributed by atoms with E-state index in [0.717, 1.165) is 37.6 Å². The first kappa shape index (κ1) is 9.74. The number of alkyl halides is 1. The van der Waals surface area contributed by atoms with Crippen LogP contribution in [0.3, 0.4) is 0 Å². The molecule has 1 aliphatic heterocycles. The average molecular weight is 213 g/mol. The van der Waals surface area contributed by atoms with E-state index in [-0.39, 0.29) is 0 Å². The Hall–Kier alpha value is -0.800. The third-order valence-corrected chi connectivity index (χ3v) is 2.67. The van der Waals surface area contributed by atoms with Crippen molar-refractivity contribution in [1.29, 1.82) is 0 Å². The second-order valence-corrected chi connectivity index (χ2v) is 3.50. The zero-order valence-electron chi connectivity index (χ0n) is 7.95. The van der Waals surface area contributed by atoms with Gasteiger partial charge in [-0.05, 0) is 11.6 Å². The minimum atomic E-state index is 0.537. The number of anilines is 1. The molecule has 76 valence electrons. The fourth-order valence-corrected chi connectivity index (χ4v) is 1.84. The van der Waals surface area contributed by atoms with Crippen LogP contribution in [0.4, 0.5) is 5.69 Å². The number of ether oxygens (including phenoxy) is 1. The quantitative estimate of drug-likeness (QED) is 0.698. The molecule has 3 nitrogen and oxygen atoms in total. The zero-order valence-corrected chi connectivity index (χ0v) is 8.70. The molecule has 0 amide bonds. The molecule has 0 unspecified atom stereocenters. The van der Waals surface area contributed by atoms with Gasteiger partial charge >= 0.3 is 0 Å². The maximum Gasteiger partial charge on any atom is 0.0642 e. The van der Waals surface area contributed by atoms with Crippen LogP contribution < -0.4 is 4.90 Å². The molecule has 0 aromatic carbocycles. The van der Waals surface area contributed by atoms with E-state index < -0.39 is 0 Å². The predicted octanol–water partition coefficient (Wildman–Crippen LogP) is 1.66. The summed E-state index contributed by atoms with van der Waals surface area (Å²) < 4.78 is 5.30. The van der Waals surface area contributed by atoms with Crippen molar-refractivity contribution < 1.29 is 4.74 Å². The van der Waals surface area contributed by atoms with Crippen molar-refractivity contribution in [3.63, 3.8) is 0 Å². The number of rotatable bonds is 2. The number of nitrogens with zero attached hydrogens (tertiary/aromatic N) is 2. The molecule has 1 fully saturated rings. The highest BCUT2D eigenvalue weighted by atomic mass is 35.5. The van der Waals surface area contributed by atoms with Crippen LogP contribution in [0.25, 0.3) is 0 Å². The van der Waals surface area contributed by atoms with Gasteiger partial charge in [0.15, 0.2) is 0 Å². The number of halogens is 1. The zero-order chi connectivity index (χ0) is 9.80.